The van der Waals surface area contributed by atoms with Gasteiger partial charge in [-0.15, -0.1) is 11.3 Å². The number of fused-ring (bicyclic) bond motifs is 1. The summed E-state index contributed by atoms with van der Waals surface area (Å²) >= 11 is 1.68. The molecule has 0 saturated carbocycles. The van der Waals surface area contributed by atoms with Crippen LogP contribution in [0.1, 0.15) is 37.9 Å². The predicted molar refractivity (Wildman–Crippen MR) is 127 cm³/mol. The molecule has 3 heterocycles. The van der Waals surface area contributed by atoms with Crippen molar-refractivity contribution >= 4 is 33.4 Å². The third-order valence-corrected chi connectivity index (χ3v) is 6.45. The number of anilines is 1. The zero-order chi connectivity index (χ0) is 21.5. The minimum absolute atomic E-state index is 0.474. The third kappa shape index (κ3) is 5.71. The number of hydrogen-bond acceptors (Lipinski definition) is 6. The molecular formula is C23H30N6OS. The molecule has 1 saturated heterocycles. The summed E-state index contributed by atoms with van der Waals surface area (Å²) in [4.78, 5) is 24.2. The van der Waals surface area contributed by atoms with E-state index in [1.54, 1.807) is 11.3 Å². The van der Waals surface area contributed by atoms with Crippen LogP contribution in [0, 0.1) is 0 Å². The summed E-state index contributed by atoms with van der Waals surface area (Å²) in [5, 5.41) is 9.45. The predicted octanol–water partition coefficient (Wildman–Crippen LogP) is 4.20. The van der Waals surface area contributed by atoms with Crippen LogP contribution in [0.3, 0.4) is 0 Å². The summed E-state index contributed by atoms with van der Waals surface area (Å²) < 4.78 is 0. The molecule has 8 heteroatoms. The second kappa shape index (κ2) is 10.5. The van der Waals surface area contributed by atoms with Crippen LogP contribution in [0.5, 0.6) is 0 Å². The van der Waals surface area contributed by atoms with Gasteiger partial charge < -0.3 is 16.4 Å². The maximum absolute atomic E-state index is 10.8. The average molecular weight is 439 g/mol. The Morgan fingerprint density at radius 2 is 1.84 bits per heavy atom. The van der Waals surface area contributed by atoms with Gasteiger partial charge in [0.25, 0.3) is 0 Å². The Balaban J connectivity index is 1.56. The van der Waals surface area contributed by atoms with E-state index in [1.807, 2.05) is 6.07 Å². The van der Waals surface area contributed by atoms with Crippen LogP contribution in [-0.4, -0.2) is 47.1 Å². The molecule has 2 amide bonds. The zero-order valence-electron chi connectivity index (χ0n) is 17.8. The van der Waals surface area contributed by atoms with E-state index in [4.69, 9.17) is 15.7 Å². The fourth-order valence-corrected chi connectivity index (χ4v) is 4.97. The maximum atomic E-state index is 10.8. The van der Waals surface area contributed by atoms with E-state index in [9.17, 15) is 4.79 Å². The number of thiophene rings is 1. The van der Waals surface area contributed by atoms with Gasteiger partial charge in [0.05, 0.1) is 11.9 Å². The molecule has 0 spiro atoms. The van der Waals surface area contributed by atoms with E-state index in [-0.39, 0.29) is 0 Å². The van der Waals surface area contributed by atoms with Gasteiger partial charge in [0.15, 0.2) is 0 Å². The number of aromatic nitrogens is 2. The number of rotatable bonds is 9. The molecule has 1 fully saturated rings. The topological polar surface area (TPSA) is 96.2 Å². The van der Waals surface area contributed by atoms with Crippen LogP contribution in [0.4, 0.5) is 10.6 Å². The van der Waals surface area contributed by atoms with E-state index in [0.717, 1.165) is 60.9 Å². The number of piperidine rings is 1. The smallest absolute Gasteiger partial charge is 0.312 e. The number of urea groups is 1. The highest BCUT2D eigenvalue weighted by atomic mass is 32.1. The molecule has 31 heavy (non-hydrogen) atoms. The van der Waals surface area contributed by atoms with Crippen molar-refractivity contribution in [2.45, 2.75) is 38.6 Å². The number of amides is 2. The largest absolute Gasteiger partial charge is 0.369 e. The molecule has 0 unspecified atom stereocenters. The Morgan fingerprint density at radius 3 is 2.61 bits per heavy atom. The molecule has 4 N–H and O–H groups in total. The van der Waals surface area contributed by atoms with Gasteiger partial charge in [-0.05, 0) is 44.3 Å². The Labute approximate surface area is 187 Å². The van der Waals surface area contributed by atoms with Gasteiger partial charge >= 0.3 is 6.03 Å². The third-order valence-electron chi connectivity index (χ3n) is 5.57. The molecule has 1 aromatic carbocycles. The van der Waals surface area contributed by atoms with Gasteiger partial charge in [0, 0.05) is 24.0 Å². The van der Waals surface area contributed by atoms with E-state index in [1.165, 1.54) is 30.4 Å². The molecule has 164 valence electrons. The average Bonchev–Trinajstić information content (AvgIpc) is 3.21. The van der Waals surface area contributed by atoms with Gasteiger partial charge in [0.1, 0.15) is 16.5 Å². The van der Waals surface area contributed by atoms with Crippen LogP contribution in [-0.2, 0) is 6.54 Å². The van der Waals surface area contributed by atoms with Crippen molar-refractivity contribution in [3.63, 3.8) is 0 Å². The number of primary amides is 1. The van der Waals surface area contributed by atoms with Crippen molar-refractivity contribution < 1.29 is 4.79 Å². The summed E-state index contributed by atoms with van der Waals surface area (Å²) in [6.45, 7) is 4.41. The van der Waals surface area contributed by atoms with Crippen LogP contribution >= 0.6 is 11.3 Å². The molecule has 0 radical (unpaired) electrons. The van der Waals surface area contributed by atoms with Gasteiger partial charge in [-0.3, -0.25) is 4.90 Å². The lowest BCUT2D eigenvalue weighted by molar-refractivity contribution is 0.216. The lowest BCUT2D eigenvalue weighted by Gasteiger charge is -2.25. The molecule has 1 aliphatic heterocycles. The molecule has 4 rings (SSSR count). The Morgan fingerprint density at radius 1 is 1.06 bits per heavy atom. The highest BCUT2D eigenvalue weighted by molar-refractivity contribution is 7.17. The van der Waals surface area contributed by atoms with E-state index < -0.39 is 6.03 Å². The van der Waals surface area contributed by atoms with Crippen molar-refractivity contribution in [2.24, 2.45) is 5.73 Å². The Hall–Kier alpha value is -2.71. The Kier molecular flexibility index (Phi) is 7.32. The first-order chi connectivity index (χ1) is 15.2. The summed E-state index contributed by atoms with van der Waals surface area (Å²) in [7, 11) is 0. The first kappa shape index (κ1) is 21.5. The first-order valence-corrected chi connectivity index (χ1v) is 11.9. The fourth-order valence-electron chi connectivity index (χ4n) is 4.00. The minimum atomic E-state index is -0.474. The van der Waals surface area contributed by atoms with Crippen molar-refractivity contribution in [3.8, 4) is 11.1 Å². The molecule has 7 nitrogen and oxygen atoms in total. The molecule has 3 aromatic rings. The zero-order valence-corrected chi connectivity index (χ0v) is 18.6. The van der Waals surface area contributed by atoms with Crippen LogP contribution in [0.15, 0.2) is 35.7 Å². The number of nitrogens with zero attached hydrogens (tertiary/aromatic N) is 3. The normalized spacial score (nSPS) is 14.6. The van der Waals surface area contributed by atoms with Crippen molar-refractivity contribution in [3.05, 3.63) is 41.5 Å². The molecule has 2 aromatic heterocycles. The van der Waals surface area contributed by atoms with Gasteiger partial charge in [-0.1, -0.05) is 36.8 Å². The molecule has 0 atom stereocenters. The fraction of sp³-hybridized carbons (Fsp3) is 0.435. The lowest BCUT2D eigenvalue weighted by atomic mass is 10.1. The van der Waals surface area contributed by atoms with Gasteiger partial charge in [-0.25, -0.2) is 14.8 Å². The number of likely N-dealkylation sites (tertiary alicyclic amines) is 1. The van der Waals surface area contributed by atoms with Crippen LogP contribution in [0.2, 0.25) is 0 Å². The monoisotopic (exact) mass is 438 g/mol. The molecular weight excluding hydrogens is 408 g/mol. The highest BCUT2D eigenvalue weighted by Gasteiger charge is 2.18. The van der Waals surface area contributed by atoms with Crippen molar-refractivity contribution in [1.29, 1.82) is 0 Å². The number of unbranched alkanes of at least 4 members (excludes halogenated alkanes) is 1. The van der Waals surface area contributed by atoms with Crippen molar-refractivity contribution in [2.75, 3.05) is 31.5 Å². The van der Waals surface area contributed by atoms with Crippen LogP contribution < -0.4 is 16.4 Å². The quantitative estimate of drug-likeness (QED) is 0.435. The second-order valence-corrected chi connectivity index (χ2v) is 8.80. The van der Waals surface area contributed by atoms with Crippen molar-refractivity contribution in [1.82, 2.24) is 20.2 Å². The van der Waals surface area contributed by atoms with E-state index >= 15 is 0 Å². The summed E-state index contributed by atoms with van der Waals surface area (Å²) in [6, 6.07) is 9.93. The SMILES string of the molecule is NC(=O)NCCCCNc1nc(CN2CCCCC2)nc2scc(-c3ccccc3)c12. The van der Waals surface area contributed by atoms with Gasteiger partial charge in [0.2, 0.25) is 0 Å². The molecule has 0 aliphatic carbocycles. The molecule has 0 bridgehead atoms. The van der Waals surface area contributed by atoms with E-state index in [2.05, 4.69) is 45.2 Å². The number of hydrogen-bond donors (Lipinski definition) is 3. The lowest BCUT2D eigenvalue weighted by Crippen LogP contribution is -2.30. The standard InChI is InChI=1S/C23H30N6OS/c24-23(30)26-12-6-5-11-25-21-20-18(17-9-3-1-4-10-17)16-31-22(20)28-19(27-21)15-29-13-7-2-8-14-29/h1,3-4,9-10,16H,2,5-8,11-15H2,(H3,24,26,30)(H,25,27,28). The number of nitrogens with two attached hydrogens (primary N) is 1. The van der Waals surface area contributed by atoms with E-state index in [0.29, 0.717) is 6.54 Å². The number of nitrogens with one attached hydrogen (secondary N) is 2. The van der Waals surface area contributed by atoms with Crippen LogP contribution in [0.25, 0.3) is 21.3 Å². The molecule has 1 aliphatic rings. The summed E-state index contributed by atoms with van der Waals surface area (Å²) in [5.41, 5.74) is 7.47. The first-order valence-electron chi connectivity index (χ1n) is 11.0. The maximum Gasteiger partial charge on any atom is 0.312 e. The highest BCUT2D eigenvalue weighted by Crippen LogP contribution is 2.37. The minimum Gasteiger partial charge on any atom is -0.369 e. The number of carbonyl (C=O) groups is 1. The number of benzene rings is 1. The Bertz CT molecular complexity index is 1000. The summed E-state index contributed by atoms with van der Waals surface area (Å²) in [6.07, 6.45) is 5.60. The number of carbonyl (C=O) groups excluding carboxylic acids is 1. The second-order valence-electron chi connectivity index (χ2n) is 7.95. The summed E-state index contributed by atoms with van der Waals surface area (Å²) in [5.74, 6) is 1.79. The van der Waals surface area contributed by atoms with Gasteiger partial charge in [-0.2, -0.15) is 0 Å².